The number of amides is 2. The molecule has 1 aliphatic rings. The highest BCUT2D eigenvalue weighted by molar-refractivity contribution is 5.86. The first kappa shape index (κ1) is 34.4. The van der Waals surface area contributed by atoms with Crippen molar-refractivity contribution in [3.05, 3.63) is 69.6 Å². The number of nitrogens with zero attached hydrogens (tertiary/aromatic N) is 2. The molecule has 2 amide bonds. The van der Waals surface area contributed by atoms with Crippen molar-refractivity contribution in [3.63, 3.8) is 0 Å². The highest BCUT2D eigenvalue weighted by atomic mass is 16.5. The molecule has 11 heteroatoms. The maximum Gasteiger partial charge on any atom is 0.329 e. The molecule has 2 aromatic carbocycles. The SMILES string of the molecule is C[C@@H](OCc1ccc(CCCOCCCCCc2cccc3c2n(C)c(=O)n3C2CCC(O)NC2=O)cc1)[C@@H](N)CCC(N)=O. The molecule has 6 N–H and O–H groups in total. The van der Waals surface area contributed by atoms with Gasteiger partial charge in [0.15, 0.2) is 0 Å². The van der Waals surface area contributed by atoms with E-state index in [0.717, 1.165) is 67.3 Å². The fourth-order valence-electron chi connectivity index (χ4n) is 5.92. The lowest BCUT2D eigenvalue weighted by Gasteiger charge is -2.26. The number of unbranched alkanes of at least 4 members (excludes halogenated alkanes) is 2. The van der Waals surface area contributed by atoms with Gasteiger partial charge in [-0.2, -0.15) is 0 Å². The van der Waals surface area contributed by atoms with Gasteiger partial charge >= 0.3 is 5.69 Å². The number of aliphatic hydroxyl groups is 1. The quantitative estimate of drug-likeness (QED) is 0.158. The number of rotatable bonds is 18. The standard InChI is InChI=1S/C34H49N5O6/c1-23(27(35)16-18-30(36)40)45-22-25-14-12-24(13-15-25)8-7-21-44-20-5-3-4-9-26-10-6-11-28-32(26)38(2)34(43)39(28)29-17-19-31(41)37-33(29)42/h6,10-15,23,27,29,31,41H,3-5,7-9,16-22,35H2,1-2H3,(H2,36,40)(H,37,42)/t23-,27+,29?,31?/m1/s1. The summed E-state index contributed by atoms with van der Waals surface area (Å²) in [4.78, 5) is 36.6. The Morgan fingerprint density at radius 1 is 1.02 bits per heavy atom. The van der Waals surface area contributed by atoms with Gasteiger partial charge in [-0.15, -0.1) is 0 Å². The number of benzene rings is 2. The molecule has 0 radical (unpaired) electrons. The van der Waals surface area contributed by atoms with Crippen molar-refractivity contribution in [1.29, 1.82) is 0 Å². The second-order valence-corrected chi connectivity index (χ2v) is 12.1. The van der Waals surface area contributed by atoms with E-state index < -0.39 is 12.3 Å². The number of nitrogens with two attached hydrogens (primary N) is 2. The Morgan fingerprint density at radius 3 is 2.49 bits per heavy atom. The van der Waals surface area contributed by atoms with Crippen molar-refractivity contribution in [1.82, 2.24) is 14.5 Å². The fourth-order valence-corrected chi connectivity index (χ4v) is 5.92. The number of para-hydroxylation sites is 1. The van der Waals surface area contributed by atoms with Crippen molar-refractivity contribution >= 4 is 22.8 Å². The van der Waals surface area contributed by atoms with Crippen LogP contribution in [0.15, 0.2) is 47.3 Å². The number of fused-ring (bicyclic) bond motifs is 1. The van der Waals surface area contributed by atoms with Crippen LogP contribution in [0.3, 0.4) is 0 Å². The molecule has 45 heavy (non-hydrogen) atoms. The van der Waals surface area contributed by atoms with E-state index in [9.17, 15) is 19.5 Å². The van der Waals surface area contributed by atoms with E-state index in [4.69, 9.17) is 20.9 Å². The summed E-state index contributed by atoms with van der Waals surface area (Å²) in [6, 6.07) is 13.4. The summed E-state index contributed by atoms with van der Waals surface area (Å²) in [7, 11) is 1.76. The van der Waals surface area contributed by atoms with Crippen molar-refractivity contribution < 1.29 is 24.2 Å². The van der Waals surface area contributed by atoms with E-state index in [-0.39, 0.29) is 36.1 Å². The van der Waals surface area contributed by atoms with Gasteiger partial charge in [-0.05, 0) is 81.0 Å². The van der Waals surface area contributed by atoms with Crippen molar-refractivity contribution in [2.24, 2.45) is 18.5 Å². The summed E-state index contributed by atoms with van der Waals surface area (Å²) in [5.41, 5.74) is 16.1. The van der Waals surface area contributed by atoms with E-state index in [0.29, 0.717) is 32.5 Å². The second-order valence-electron chi connectivity index (χ2n) is 12.1. The normalized spacial score (nSPS) is 18.2. The van der Waals surface area contributed by atoms with Gasteiger partial charge < -0.3 is 31.4 Å². The van der Waals surface area contributed by atoms with Crippen LogP contribution in [-0.2, 0) is 45.6 Å². The van der Waals surface area contributed by atoms with E-state index in [2.05, 4.69) is 35.6 Å². The third-order valence-electron chi connectivity index (χ3n) is 8.67. The number of hydrogen-bond acceptors (Lipinski definition) is 7. The molecule has 0 saturated carbocycles. The van der Waals surface area contributed by atoms with Gasteiger partial charge in [-0.3, -0.25) is 18.7 Å². The Bertz CT molecular complexity index is 1470. The third-order valence-corrected chi connectivity index (χ3v) is 8.67. The fraction of sp³-hybridized carbons (Fsp3) is 0.559. The Balaban J connectivity index is 1.12. The molecule has 4 rings (SSSR count). The predicted molar refractivity (Wildman–Crippen MR) is 173 cm³/mol. The number of aromatic nitrogens is 2. The zero-order valence-electron chi connectivity index (χ0n) is 26.6. The Kier molecular flexibility index (Phi) is 12.8. The molecule has 246 valence electrons. The smallest absolute Gasteiger partial charge is 0.329 e. The number of primary amides is 1. The first-order chi connectivity index (χ1) is 21.7. The monoisotopic (exact) mass is 623 g/mol. The van der Waals surface area contributed by atoms with Crippen LogP contribution in [0.2, 0.25) is 0 Å². The lowest BCUT2D eigenvalue weighted by atomic mass is 10.0. The average molecular weight is 624 g/mol. The number of imidazole rings is 1. The number of carbonyl (C=O) groups is 2. The van der Waals surface area contributed by atoms with Gasteiger partial charge in [0.1, 0.15) is 12.3 Å². The second kappa shape index (κ2) is 16.7. The lowest BCUT2D eigenvalue weighted by Crippen LogP contribution is -2.46. The summed E-state index contributed by atoms with van der Waals surface area (Å²) in [6.45, 7) is 3.82. The van der Waals surface area contributed by atoms with Crippen LogP contribution in [0.1, 0.15) is 81.0 Å². The molecule has 0 bridgehead atoms. The molecular weight excluding hydrogens is 574 g/mol. The highest BCUT2D eigenvalue weighted by Crippen LogP contribution is 2.26. The first-order valence-corrected chi connectivity index (χ1v) is 16.1. The van der Waals surface area contributed by atoms with Crippen molar-refractivity contribution in [2.75, 3.05) is 13.2 Å². The maximum atomic E-state index is 13.1. The summed E-state index contributed by atoms with van der Waals surface area (Å²) < 4.78 is 15.0. The third kappa shape index (κ3) is 9.49. The number of hydrogen-bond donors (Lipinski definition) is 4. The topological polar surface area (TPSA) is 164 Å². The molecule has 1 aromatic heterocycles. The van der Waals surface area contributed by atoms with E-state index in [1.807, 2.05) is 19.1 Å². The van der Waals surface area contributed by atoms with E-state index in [1.54, 1.807) is 16.2 Å². The zero-order valence-corrected chi connectivity index (χ0v) is 26.6. The minimum absolute atomic E-state index is 0.159. The molecule has 4 atom stereocenters. The summed E-state index contributed by atoms with van der Waals surface area (Å²) in [5, 5.41) is 12.3. The molecule has 2 heterocycles. The van der Waals surface area contributed by atoms with Crippen LogP contribution in [0.4, 0.5) is 0 Å². The number of aliphatic hydroxyl groups excluding tert-OH is 1. The van der Waals surface area contributed by atoms with Crippen LogP contribution < -0.4 is 22.5 Å². The number of carbonyl (C=O) groups excluding carboxylic acids is 2. The molecule has 3 aromatic rings. The minimum Gasteiger partial charge on any atom is -0.381 e. The van der Waals surface area contributed by atoms with Crippen molar-refractivity contribution in [2.45, 2.75) is 102 Å². The highest BCUT2D eigenvalue weighted by Gasteiger charge is 2.31. The molecule has 0 spiro atoms. The molecule has 1 saturated heterocycles. The Labute approximate surface area is 264 Å². The summed E-state index contributed by atoms with van der Waals surface area (Å²) in [5.74, 6) is -0.667. The Hall–Kier alpha value is -3.51. The molecule has 1 aliphatic heterocycles. The molecule has 2 unspecified atom stereocenters. The summed E-state index contributed by atoms with van der Waals surface area (Å²) >= 11 is 0. The predicted octanol–water partition coefficient (Wildman–Crippen LogP) is 2.97. The largest absolute Gasteiger partial charge is 0.381 e. The van der Waals surface area contributed by atoms with E-state index in [1.165, 1.54) is 5.56 Å². The van der Waals surface area contributed by atoms with Gasteiger partial charge in [0.25, 0.3) is 0 Å². The summed E-state index contributed by atoms with van der Waals surface area (Å²) in [6.07, 6.45) is 6.32. The molecule has 11 nitrogen and oxygen atoms in total. The molecule has 1 fully saturated rings. The van der Waals surface area contributed by atoms with Gasteiger partial charge in [-0.1, -0.05) is 42.8 Å². The zero-order chi connectivity index (χ0) is 32.3. The van der Waals surface area contributed by atoms with Gasteiger partial charge in [0.2, 0.25) is 11.8 Å². The van der Waals surface area contributed by atoms with Gasteiger partial charge in [-0.25, -0.2) is 4.79 Å². The maximum absolute atomic E-state index is 13.1. The molecule has 0 aliphatic carbocycles. The van der Waals surface area contributed by atoms with Crippen LogP contribution >= 0.6 is 0 Å². The average Bonchev–Trinajstić information content (AvgIpc) is 3.28. The van der Waals surface area contributed by atoms with Gasteiger partial charge in [0, 0.05) is 32.7 Å². The lowest BCUT2D eigenvalue weighted by molar-refractivity contribution is -0.130. The number of ether oxygens (including phenoxy) is 2. The number of nitrogens with one attached hydrogen (secondary N) is 1. The van der Waals surface area contributed by atoms with Crippen LogP contribution in [0.25, 0.3) is 11.0 Å². The molecular formula is C34H49N5O6. The number of aryl methyl sites for hydroxylation is 3. The van der Waals surface area contributed by atoms with Crippen LogP contribution in [-0.4, -0.2) is 57.6 Å². The first-order valence-electron chi connectivity index (χ1n) is 16.1. The Morgan fingerprint density at radius 2 is 1.76 bits per heavy atom. The number of piperidine rings is 1. The van der Waals surface area contributed by atoms with Crippen LogP contribution in [0.5, 0.6) is 0 Å². The van der Waals surface area contributed by atoms with E-state index >= 15 is 0 Å². The van der Waals surface area contributed by atoms with Crippen molar-refractivity contribution in [3.8, 4) is 0 Å². The van der Waals surface area contributed by atoms with Crippen LogP contribution in [0, 0.1) is 0 Å². The van der Waals surface area contributed by atoms with Gasteiger partial charge in [0.05, 0.1) is 23.7 Å². The minimum atomic E-state index is -0.855.